The molecule has 0 spiro atoms. The van der Waals surface area contributed by atoms with E-state index in [-0.39, 0.29) is 0 Å². The summed E-state index contributed by atoms with van der Waals surface area (Å²) < 4.78 is 0. The Balaban J connectivity index is 1.84. The van der Waals surface area contributed by atoms with Gasteiger partial charge in [0.1, 0.15) is 6.33 Å². The van der Waals surface area contributed by atoms with Crippen LogP contribution in [0.4, 0.5) is 0 Å². The first-order valence-corrected chi connectivity index (χ1v) is 5.93. The summed E-state index contributed by atoms with van der Waals surface area (Å²) in [6.07, 6.45) is 2.57. The van der Waals surface area contributed by atoms with Crippen molar-refractivity contribution in [3.05, 3.63) is 59.7 Å². The lowest BCUT2D eigenvalue weighted by Gasteiger charge is -2.12. The second-order valence-electron chi connectivity index (χ2n) is 4.08. The lowest BCUT2D eigenvalue weighted by atomic mass is 10.1. The van der Waals surface area contributed by atoms with Crippen LogP contribution in [0.25, 0.3) is 0 Å². The van der Waals surface area contributed by atoms with E-state index in [1.807, 2.05) is 12.1 Å². The SMILES string of the molecule is N#Cc1ccc(C(O)CNCc2ccncn2)cc1. The molecule has 0 aliphatic carbocycles. The zero-order valence-electron chi connectivity index (χ0n) is 10.3. The Labute approximate surface area is 111 Å². The second-order valence-corrected chi connectivity index (χ2v) is 4.08. The minimum Gasteiger partial charge on any atom is -0.387 e. The Morgan fingerprint density at radius 3 is 2.68 bits per heavy atom. The summed E-state index contributed by atoms with van der Waals surface area (Å²) in [5, 5.41) is 21.8. The molecule has 0 saturated carbocycles. The molecule has 1 aromatic heterocycles. The molecule has 0 aliphatic rings. The minimum absolute atomic E-state index is 0.426. The summed E-state index contributed by atoms with van der Waals surface area (Å²) in [7, 11) is 0. The van der Waals surface area contributed by atoms with Crippen LogP contribution in [0.2, 0.25) is 0 Å². The van der Waals surface area contributed by atoms with Crippen molar-refractivity contribution in [1.29, 1.82) is 5.26 Å². The molecule has 0 saturated heterocycles. The van der Waals surface area contributed by atoms with Crippen molar-refractivity contribution in [3.63, 3.8) is 0 Å². The number of nitrogens with one attached hydrogen (secondary N) is 1. The number of benzene rings is 1. The summed E-state index contributed by atoms with van der Waals surface area (Å²) in [4.78, 5) is 7.92. The van der Waals surface area contributed by atoms with E-state index in [9.17, 15) is 5.11 Å². The normalized spacial score (nSPS) is 11.8. The number of rotatable bonds is 5. The molecule has 1 heterocycles. The van der Waals surface area contributed by atoms with Gasteiger partial charge < -0.3 is 10.4 Å². The third-order valence-corrected chi connectivity index (χ3v) is 2.71. The van der Waals surface area contributed by atoms with Gasteiger partial charge in [0.15, 0.2) is 0 Å². The standard InChI is InChI=1S/C14H14N4O/c15-7-11-1-3-12(4-2-11)14(19)9-17-8-13-5-6-16-10-18-13/h1-6,10,14,17,19H,8-9H2. The molecular formula is C14H14N4O. The molecule has 0 aliphatic heterocycles. The van der Waals surface area contributed by atoms with Gasteiger partial charge in [0.25, 0.3) is 0 Å². The van der Waals surface area contributed by atoms with Crippen LogP contribution < -0.4 is 5.32 Å². The van der Waals surface area contributed by atoms with E-state index >= 15 is 0 Å². The molecular weight excluding hydrogens is 240 g/mol. The monoisotopic (exact) mass is 254 g/mol. The van der Waals surface area contributed by atoms with E-state index < -0.39 is 6.10 Å². The molecule has 0 radical (unpaired) electrons. The quantitative estimate of drug-likeness (QED) is 0.837. The largest absolute Gasteiger partial charge is 0.387 e. The fourth-order valence-corrected chi connectivity index (χ4v) is 1.66. The number of aromatic nitrogens is 2. The maximum absolute atomic E-state index is 9.98. The summed E-state index contributed by atoms with van der Waals surface area (Å²) in [6, 6.07) is 10.8. The Morgan fingerprint density at radius 1 is 1.26 bits per heavy atom. The Hall–Kier alpha value is -2.29. The first kappa shape index (κ1) is 13.1. The van der Waals surface area contributed by atoms with Gasteiger partial charge in [0.05, 0.1) is 23.4 Å². The molecule has 5 nitrogen and oxygen atoms in total. The average Bonchev–Trinajstić information content (AvgIpc) is 2.48. The Morgan fingerprint density at radius 2 is 2.05 bits per heavy atom. The maximum Gasteiger partial charge on any atom is 0.115 e. The van der Waals surface area contributed by atoms with Gasteiger partial charge in [-0.2, -0.15) is 5.26 Å². The van der Waals surface area contributed by atoms with E-state index in [4.69, 9.17) is 5.26 Å². The van der Waals surface area contributed by atoms with Crippen LogP contribution in [-0.2, 0) is 6.54 Å². The van der Waals surface area contributed by atoms with Crippen LogP contribution in [0.15, 0.2) is 42.9 Å². The first-order valence-electron chi connectivity index (χ1n) is 5.93. The highest BCUT2D eigenvalue weighted by molar-refractivity contribution is 5.32. The van der Waals surface area contributed by atoms with Crippen molar-refractivity contribution in [2.75, 3.05) is 6.54 Å². The fourth-order valence-electron chi connectivity index (χ4n) is 1.66. The molecule has 0 amide bonds. The van der Waals surface area contributed by atoms with E-state index in [1.54, 1.807) is 30.5 Å². The molecule has 5 heteroatoms. The highest BCUT2D eigenvalue weighted by Crippen LogP contribution is 2.12. The van der Waals surface area contributed by atoms with Crippen molar-refractivity contribution in [1.82, 2.24) is 15.3 Å². The Kier molecular flexibility index (Phi) is 4.56. The van der Waals surface area contributed by atoms with Crippen LogP contribution in [0.5, 0.6) is 0 Å². The van der Waals surface area contributed by atoms with Crippen LogP contribution in [0, 0.1) is 11.3 Å². The molecule has 0 fully saturated rings. The third kappa shape index (κ3) is 3.85. The van der Waals surface area contributed by atoms with Crippen molar-refractivity contribution < 1.29 is 5.11 Å². The van der Waals surface area contributed by atoms with Crippen molar-refractivity contribution >= 4 is 0 Å². The number of hydrogen-bond acceptors (Lipinski definition) is 5. The number of hydrogen-bond donors (Lipinski definition) is 2. The van der Waals surface area contributed by atoms with Gasteiger partial charge in [0.2, 0.25) is 0 Å². The van der Waals surface area contributed by atoms with E-state index in [2.05, 4.69) is 15.3 Å². The van der Waals surface area contributed by atoms with Crippen molar-refractivity contribution in [3.8, 4) is 6.07 Å². The summed E-state index contributed by atoms with van der Waals surface area (Å²) >= 11 is 0. The van der Waals surface area contributed by atoms with Crippen LogP contribution >= 0.6 is 0 Å². The predicted octanol–water partition coefficient (Wildman–Crippen LogP) is 1.17. The maximum atomic E-state index is 9.98. The van der Waals surface area contributed by atoms with Crippen LogP contribution in [-0.4, -0.2) is 21.6 Å². The molecule has 96 valence electrons. The van der Waals surface area contributed by atoms with E-state index in [0.717, 1.165) is 11.3 Å². The highest BCUT2D eigenvalue weighted by atomic mass is 16.3. The Bertz CT molecular complexity index is 548. The summed E-state index contributed by atoms with van der Waals surface area (Å²) in [5.41, 5.74) is 2.25. The number of aliphatic hydroxyl groups is 1. The predicted molar refractivity (Wildman–Crippen MR) is 69.9 cm³/mol. The van der Waals surface area contributed by atoms with Crippen molar-refractivity contribution in [2.24, 2.45) is 0 Å². The first-order chi connectivity index (χ1) is 9.29. The van der Waals surface area contributed by atoms with Gasteiger partial charge in [0, 0.05) is 19.3 Å². The smallest absolute Gasteiger partial charge is 0.115 e. The summed E-state index contributed by atoms with van der Waals surface area (Å²) in [5.74, 6) is 0. The highest BCUT2D eigenvalue weighted by Gasteiger charge is 2.06. The molecule has 2 N–H and O–H groups in total. The lowest BCUT2D eigenvalue weighted by molar-refractivity contribution is 0.174. The third-order valence-electron chi connectivity index (χ3n) is 2.71. The van der Waals surface area contributed by atoms with Crippen molar-refractivity contribution in [2.45, 2.75) is 12.6 Å². The molecule has 2 rings (SSSR count). The summed E-state index contributed by atoms with van der Waals surface area (Å²) in [6.45, 7) is 1.01. The molecule has 0 bridgehead atoms. The van der Waals surface area contributed by atoms with Gasteiger partial charge >= 0.3 is 0 Å². The molecule has 1 aromatic carbocycles. The molecule has 1 atom stereocenters. The lowest BCUT2D eigenvalue weighted by Crippen LogP contribution is -2.21. The fraction of sp³-hybridized carbons (Fsp3) is 0.214. The van der Waals surface area contributed by atoms with Gasteiger partial charge in [-0.15, -0.1) is 0 Å². The van der Waals surface area contributed by atoms with Gasteiger partial charge in [-0.3, -0.25) is 0 Å². The van der Waals surface area contributed by atoms with E-state index in [0.29, 0.717) is 18.7 Å². The van der Waals surface area contributed by atoms with E-state index in [1.165, 1.54) is 6.33 Å². The molecule has 1 unspecified atom stereocenters. The van der Waals surface area contributed by atoms with Gasteiger partial charge in [-0.05, 0) is 23.8 Å². The average molecular weight is 254 g/mol. The minimum atomic E-state index is -0.602. The van der Waals surface area contributed by atoms with Crippen LogP contribution in [0.3, 0.4) is 0 Å². The zero-order chi connectivity index (χ0) is 13.5. The second kappa shape index (κ2) is 6.59. The molecule has 2 aromatic rings. The topological polar surface area (TPSA) is 81.8 Å². The van der Waals surface area contributed by atoms with Crippen LogP contribution in [0.1, 0.15) is 22.9 Å². The number of aliphatic hydroxyl groups excluding tert-OH is 1. The van der Waals surface area contributed by atoms with Gasteiger partial charge in [-0.25, -0.2) is 9.97 Å². The number of nitrogens with zero attached hydrogens (tertiary/aromatic N) is 3. The van der Waals surface area contributed by atoms with Gasteiger partial charge in [-0.1, -0.05) is 12.1 Å². The zero-order valence-corrected chi connectivity index (χ0v) is 10.3. The molecule has 19 heavy (non-hydrogen) atoms. The number of nitriles is 1.